The van der Waals surface area contributed by atoms with Gasteiger partial charge in [-0.3, -0.25) is 0 Å². The molecule has 2 bridgehead atoms. The van der Waals surface area contributed by atoms with E-state index in [0.29, 0.717) is 5.41 Å². The van der Waals surface area contributed by atoms with Gasteiger partial charge < -0.3 is 10.5 Å². The van der Waals surface area contributed by atoms with Crippen LogP contribution in [0.15, 0.2) is 0 Å². The third-order valence-corrected chi connectivity index (χ3v) is 5.29. The zero-order valence-corrected chi connectivity index (χ0v) is 11.1. The summed E-state index contributed by atoms with van der Waals surface area (Å²) in [6, 6.07) is 0. The maximum absolute atomic E-state index is 6.09. The van der Waals surface area contributed by atoms with Crippen molar-refractivity contribution in [3.8, 4) is 0 Å². The molecule has 0 amide bonds. The monoisotopic (exact) mass is 225 g/mol. The molecule has 94 valence electrons. The highest BCUT2D eigenvalue weighted by Gasteiger charge is 2.49. The third-order valence-electron chi connectivity index (χ3n) is 5.29. The van der Waals surface area contributed by atoms with E-state index < -0.39 is 0 Å². The predicted molar refractivity (Wildman–Crippen MR) is 67.3 cm³/mol. The largest absolute Gasteiger partial charge is 0.379 e. The average Bonchev–Trinajstić information content (AvgIpc) is 2.87. The van der Waals surface area contributed by atoms with Crippen molar-refractivity contribution < 1.29 is 4.74 Å². The summed E-state index contributed by atoms with van der Waals surface area (Å²) in [4.78, 5) is 0. The molecular formula is C14H27NO. The van der Waals surface area contributed by atoms with Crippen LogP contribution in [0.25, 0.3) is 0 Å². The molecule has 2 nitrogen and oxygen atoms in total. The van der Waals surface area contributed by atoms with Gasteiger partial charge >= 0.3 is 0 Å². The summed E-state index contributed by atoms with van der Waals surface area (Å²) in [5.41, 5.74) is 6.56. The highest BCUT2D eigenvalue weighted by molar-refractivity contribution is 5.01. The normalized spacial score (nSPS) is 38.2. The quantitative estimate of drug-likeness (QED) is 0.780. The Morgan fingerprint density at radius 1 is 1.38 bits per heavy atom. The van der Waals surface area contributed by atoms with Crippen molar-refractivity contribution >= 4 is 0 Å². The Bertz CT molecular complexity index is 251. The lowest BCUT2D eigenvalue weighted by molar-refractivity contribution is -0.00220. The van der Waals surface area contributed by atoms with Crippen LogP contribution in [0.2, 0.25) is 0 Å². The van der Waals surface area contributed by atoms with Gasteiger partial charge in [-0.15, -0.1) is 0 Å². The zero-order chi connectivity index (χ0) is 11.8. The minimum atomic E-state index is 0.0179. The van der Waals surface area contributed by atoms with Crippen LogP contribution < -0.4 is 5.73 Å². The Morgan fingerprint density at radius 2 is 2.12 bits per heavy atom. The van der Waals surface area contributed by atoms with Crippen molar-refractivity contribution in [1.29, 1.82) is 0 Å². The van der Waals surface area contributed by atoms with Crippen molar-refractivity contribution in [2.45, 2.75) is 58.0 Å². The van der Waals surface area contributed by atoms with Gasteiger partial charge in [0.25, 0.3) is 0 Å². The second-order valence-electron chi connectivity index (χ2n) is 6.61. The highest BCUT2D eigenvalue weighted by Crippen LogP contribution is 2.57. The lowest BCUT2D eigenvalue weighted by Crippen LogP contribution is -2.38. The van der Waals surface area contributed by atoms with Gasteiger partial charge in [0, 0.05) is 7.11 Å². The smallest absolute Gasteiger partial charge is 0.0623 e. The Labute approximate surface area is 99.9 Å². The van der Waals surface area contributed by atoms with E-state index in [-0.39, 0.29) is 5.60 Å². The van der Waals surface area contributed by atoms with E-state index in [1.54, 1.807) is 0 Å². The van der Waals surface area contributed by atoms with Gasteiger partial charge in [0.05, 0.1) is 5.60 Å². The first-order valence-electron chi connectivity index (χ1n) is 6.76. The topological polar surface area (TPSA) is 35.2 Å². The van der Waals surface area contributed by atoms with Crippen LogP contribution in [0.1, 0.15) is 52.4 Å². The molecule has 2 aliphatic rings. The summed E-state index contributed by atoms with van der Waals surface area (Å²) >= 11 is 0. The summed E-state index contributed by atoms with van der Waals surface area (Å²) in [6.45, 7) is 5.25. The first-order valence-corrected chi connectivity index (χ1v) is 6.76. The van der Waals surface area contributed by atoms with Gasteiger partial charge in [0.1, 0.15) is 0 Å². The highest BCUT2D eigenvalue weighted by atomic mass is 16.5. The Kier molecular flexibility index (Phi) is 3.33. The molecule has 2 heteroatoms. The van der Waals surface area contributed by atoms with Crippen LogP contribution in [0.3, 0.4) is 0 Å². The van der Waals surface area contributed by atoms with E-state index in [0.717, 1.165) is 24.8 Å². The molecule has 2 fully saturated rings. The molecule has 0 aromatic carbocycles. The van der Waals surface area contributed by atoms with Gasteiger partial charge in [-0.25, -0.2) is 0 Å². The molecule has 0 spiro atoms. The summed E-state index contributed by atoms with van der Waals surface area (Å²) in [6.07, 6.45) is 8.11. The lowest BCUT2D eigenvalue weighted by atomic mass is 9.69. The molecule has 2 saturated carbocycles. The maximum Gasteiger partial charge on any atom is 0.0623 e. The molecule has 3 atom stereocenters. The summed E-state index contributed by atoms with van der Waals surface area (Å²) < 4.78 is 5.53. The molecule has 2 rings (SSSR count). The standard InChI is InChI=1S/C14H27NO/c1-13(2,16-3)6-7-14(10-15)9-11-4-5-12(14)8-11/h11-12H,4-10,15H2,1-3H3. The van der Waals surface area contributed by atoms with Gasteiger partial charge in [-0.1, -0.05) is 6.42 Å². The van der Waals surface area contributed by atoms with E-state index in [2.05, 4.69) is 13.8 Å². The van der Waals surface area contributed by atoms with E-state index in [9.17, 15) is 0 Å². The maximum atomic E-state index is 6.09. The average molecular weight is 225 g/mol. The minimum Gasteiger partial charge on any atom is -0.379 e. The van der Waals surface area contributed by atoms with Crippen molar-refractivity contribution in [3.63, 3.8) is 0 Å². The fourth-order valence-corrected chi connectivity index (χ4v) is 3.87. The van der Waals surface area contributed by atoms with E-state index in [1.807, 2.05) is 7.11 Å². The second kappa shape index (κ2) is 4.30. The first-order chi connectivity index (χ1) is 7.51. The van der Waals surface area contributed by atoms with E-state index >= 15 is 0 Å². The molecule has 16 heavy (non-hydrogen) atoms. The van der Waals surface area contributed by atoms with Gasteiger partial charge in [0.15, 0.2) is 0 Å². The Hall–Kier alpha value is -0.0800. The molecular weight excluding hydrogens is 198 g/mol. The number of hydrogen-bond donors (Lipinski definition) is 1. The van der Waals surface area contributed by atoms with Gasteiger partial charge in [0.2, 0.25) is 0 Å². The Morgan fingerprint density at radius 3 is 2.56 bits per heavy atom. The van der Waals surface area contributed by atoms with Crippen molar-refractivity contribution in [1.82, 2.24) is 0 Å². The van der Waals surface area contributed by atoms with Crippen LogP contribution in [0.4, 0.5) is 0 Å². The molecule has 0 radical (unpaired) electrons. The van der Waals surface area contributed by atoms with Crippen LogP contribution >= 0.6 is 0 Å². The molecule has 0 aromatic rings. The summed E-state index contributed by atoms with van der Waals surface area (Å²) in [5, 5.41) is 0. The fourth-order valence-electron chi connectivity index (χ4n) is 3.87. The van der Waals surface area contributed by atoms with Gasteiger partial charge in [-0.05, 0) is 69.7 Å². The molecule has 0 aromatic heterocycles. The lowest BCUT2D eigenvalue weighted by Gasteiger charge is -2.39. The number of rotatable bonds is 5. The number of hydrogen-bond acceptors (Lipinski definition) is 2. The molecule has 2 aliphatic carbocycles. The van der Waals surface area contributed by atoms with Crippen molar-refractivity contribution in [3.05, 3.63) is 0 Å². The second-order valence-corrected chi connectivity index (χ2v) is 6.61. The van der Waals surface area contributed by atoms with Crippen LogP contribution in [-0.2, 0) is 4.74 Å². The van der Waals surface area contributed by atoms with Crippen LogP contribution in [0, 0.1) is 17.3 Å². The number of fused-ring (bicyclic) bond motifs is 2. The SMILES string of the molecule is COC(C)(C)CCC1(CN)CC2CCC1C2. The number of nitrogens with two attached hydrogens (primary N) is 1. The third kappa shape index (κ3) is 2.14. The van der Waals surface area contributed by atoms with E-state index in [4.69, 9.17) is 10.5 Å². The van der Waals surface area contributed by atoms with Crippen LogP contribution in [0.5, 0.6) is 0 Å². The van der Waals surface area contributed by atoms with E-state index in [1.165, 1.54) is 32.1 Å². The van der Waals surface area contributed by atoms with Crippen molar-refractivity contribution in [2.24, 2.45) is 23.0 Å². The molecule has 0 aliphatic heterocycles. The minimum absolute atomic E-state index is 0.0179. The fraction of sp³-hybridized carbons (Fsp3) is 1.00. The summed E-state index contributed by atoms with van der Waals surface area (Å²) in [5.74, 6) is 1.90. The van der Waals surface area contributed by atoms with Crippen LogP contribution in [-0.4, -0.2) is 19.3 Å². The van der Waals surface area contributed by atoms with Crippen molar-refractivity contribution in [2.75, 3.05) is 13.7 Å². The molecule has 0 saturated heterocycles. The predicted octanol–water partition coefficient (Wildman–Crippen LogP) is 2.96. The van der Waals surface area contributed by atoms with Gasteiger partial charge in [-0.2, -0.15) is 0 Å². The molecule has 0 heterocycles. The molecule has 3 unspecified atom stereocenters. The zero-order valence-electron chi connectivity index (χ0n) is 11.1. The molecule has 2 N–H and O–H groups in total. The summed E-state index contributed by atoms with van der Waals surface area (Å²) in [7, 11) is 1.82. The number of methoxy groups -OCH3 is 1. The first kappa shape index (κ1) is 12.4. The Balaban J connectivity index is 1.96. The number of ether oxygens (including phenoxy) is 1.